The normalized spacial score (nSPS) is 12.1. The quantitative estimate of drug-likeness (QED) is 0.588. The van der Waals surface area contributed by atoms with E-state index in [1.807, 2.05) is 41.9 Å². The summed E-state index contributed by atoms with van der Waals surface area (Å²) in [6.07, 6.45) is 2.71. The summed E-state index contributed by atoms with van der Waals surface area (Å²) in [4.78, 5) is 12.7. The maximum Gasteiger partial charge on any atom is 0.239 e. The number of nitrogens with zero attached hydrogens (tertiary/aromatic N) is 4. The second-order valence-corrected chi connectivity index (χ2v) is 7.46. The Kier molecular flexibility index (Phi) is 6.28. The lowest BCUT2D eigenvalue weighted by Gasteiger charge is -2.14. The minimum absolute atomic E-state index is 0.106. The Labute approximate surface area is 162 Å². The molecule has 7 nitrogen and oxygen atoms in total. The Balaban J connectivity index is 1.76. The highest BCUT2D eigenvalue weighted by Gasteiger charge is 2.24. The highest BCUT2D eigenvalue weighted by atomic mass is 32.2. The number of anilines is 1. The van der Waals surface area contributed by atoms with Crippen molar-refractivity contribution in [3.05, 3.63) is 42.2 Å². The van der Waals surface area contributed by atoms with Crippen molar-refractivity contribution < 1.29 is 9.32 Å². The van der Waals surface area contributed by atoms with Gasteiger partial charge in [0.25, 0.3) is 0 Å². The average molecular weight is 385 g/mol. The Hall–Kier alpha value is -2.61. The Morgan fingerprint density at radius 2 is 2.07 bits per heavy atom. The first kappa shape index (κ1) is 19.2. The molecule has 1 unspecified atom stereocenters. The van der Waals surface area contributed by atoms with Gasteiger partial charge in [-0.25, -0.2) is 0 Å². The standard InChI is InChI=1S/C19H23N5O2S/c1-4-5-11-15(18(25)20-16-12-13(2)26-23-16)27-19-22-21-17(24(19)3)14-9-7-6-8-10-14/h6-10,12,15H,4-5,11H2,1-3H3,(H,20,23,25). The summed E-state index contributed by atoms with van der Waals surface area (Å²) in [7, 11) is 1.92. The van der Waals surface area contributed by atoms with Gasteiger partial charge in [-0.3, -0.25) is 4.79 Å². The molecule has 0 bridgehead atoms. The van der Waals surface area contributed by atoms with E-state index in [2.05, 4.69) is 27.6 Å². The van der Waals surface area contributed by atoms with Crippen LogP contribution in [0.3, 0.4) is 0 Å². The molecular formula is C19H23N5O2S. The van der Waals surface area contributed by atoms with Gasteiger partial charge in [0.15, 0.2) is 16.8 Å². The molecule has 1 amide bonds. The van der Waals surface area contributed by atoms with Crippen molar-refractivity contribution in [1.29, 1.82) is 0 Å². The van der Waals surface area contributed by atoms with Crippen molar-refractivity contribution in [2.45, 2.75) is 43.5 Å². The second-order valence-electron chi connectivity index (χ2n) is 6.29. The van der Waals surface area contributed by atoms with Gasteiger partial charge >= 0.3 is 0 Å². The van der Waals surface area contributed by atoms with E-state index in [-0.39, 0.29) is 11.2 Å². The lowest BCUT2D eigenvalue weighted by molar-refractivity contribution is -0.115. The van der Waals surface area contributed by atoms with Crippen LogP contribution in [0.1, 0.15) is 31.9 Å². The number of aryl methyl sites for hydroxylation is 1. The third kappa shape index (κ3) is 4.77. The fourth-order valence-electron chi connectivity index (χ4n) is 2.65. The summed E-state index contributed by atoms with van der Waals surface area (Å²) in [5.74, 6) is 1.76. The lowest BCUT2D eigenvalue weighted by Crippen LogP contribution is -2.25. The van der Waals surface area contributed by atoms with Crippen LogP contribution in [0.2, 0.25) is 0 Å². The predicted octanol–water partition coefficient (Wildman–Crippen LogP) is 4.07. The minimum atomic E-state index is -0.284. The Morgan fingerprint density at radius 1 is 1.30 bits per heavy atom. The number of benzene rings is 1. The maximum absolute atomic E-state index is 12.7. The summed E-state index contributed by atoms with van der Waals surface area (Å²) in [5, 5.41) is 15.7. The maximum atomic E-state index is 12.7. The number of aromatic nitrogens is 4. The first-order chi connectivity index (χ1) is 13.1. The number of unbranched alkanes of at least 4 members (excludes halogenated alkanes) is 1. The summed E-state index contributed by atoms with van der Waals surface area (Å²) in [6, 6.07) is 11.6. The Bertz CT molecular complexity index is 891. The molecule has 0 saturated heterocycles. The first-order valence-corrected chi connectivity index (χ1v) is 9.82. The molecular weight excluding hydrogens is 362 g/mol. The van der Waals surface area contributed by atoms with Crippen LogP contribution in [0.25, 0.3) is 11.4 Å². The van der Waals surface area contributed by atoms with Gasteiger partial charge in [0.1, 0.15) is 5.76 Å². The van der Waals surface area contributed by atoms with Crippen LogP contribution in [-0.2, 0) is 11.8 Å². The summed E-state index contributed by atoms with van der Waals surface area (Å²) in [6.45, 7) is 3.90. The van der Waals surface area contributed by atoms with Gasteiger partial charge in [0.2, 0.25) is 5.91 Å². The zero-order chi connectivity index (χ0) is 19.2. The van der Waals surface area contributed by atoms with Crippen LogP contribution in [0.4, 0.5) is 5.82 Å². The molecule has 0 spiro atoms. The summed E-state index contributed by atoms with van der Waals surface area (Å²) < 4.78 is 6.94. The molecule has 8 heteroatoms. The number of rotatable bonds is 8. The molecule has 0 fully saturated rings. The molecule has 1 aromatic carbocycles. The fraction of sp³-hybridized carbons (Fsp3) is 0.368. The molecule has 0 aliphatic rings. The molecule has 3 rings (SSSR count). The van der Waals surface area contributed by atoms with E-state index in [1.54, 1.807) is 13.0 Å². The van der Waals surface area contributed by atoms with Crippen molar-refractivity contribution in [1.82, 2.24) is 19.9 Å². The average Bonchev–Trinajstić information content (AvgIpc) is 3.24. The second kappa shape index (κ2) is 8.85. The van der Waals surface area contributed by atoms with Crippen molar-refractivity contribution >= 4 is 23.5 Å². The number of nitrogens with one attached hydrogen (secondary N) is 1. The number of hydrogen-bond donors (Lipinski definition) is 1. The molecule has 0 aliphatic carbocycles. The van der Waals surface area contributed by atoms with Crippen molar-refractivity contribution in [3.63, 3.8) is 0 Å². The molecule has 27 heavy (non-hydrogen) atoms. The number of hydrogen-bond acceptors (Lipinski definition) is 6. The largest absolute Gasteiger partial charge is 0.360 e. The first-order valence-electron chi connectivity index (χ1n) is 8.94. The third-order valence-corrected chi connectivity index (χ3v) is 5.41. The zero-order valence-electron chi connectivity index (χ0n) is 15.7. The zero-order valence-corrected chi connectivity index (χ0v) is 16.5. The van der Waals surface area contributed by atoms with E-state index in [4.69, 9.17) is 4.52 Å². The SMILES string of the molecule is CCCCC(Sc1nnc(-c2ccccc2)n1C)C(=O)Nc1cc(C)on1. The van der Waals surface area contributed by atoms with Gasteiger partial charge in [0, 0.05) is 18.7 Å². The number of carbonyl (C=O) groups is 1. The molecule has 2 heterocycles. The van der Waals surface area contributed by atoms with Crippen LogP contribution in [0.5, 0.6) is 0 Å². The molecule has 0 aliphatic heterocycles. The van der Waals surface area contributed by atoms with Gasteiger partial charge < -0.3 is 14.4 Å². The number of carbonyl (C=O) groups excluding carboxylic acids is 1. The molecule has 0 radical (unpaired) electrons. The molecule has 142 valence electrons. The van der Waals surface area contributed by atoms with Crippen LogP contribution >= 0.6 is 11.8 Å². The summed E-state index contributed by atoms with van der Waals surface area (Å²) in [5.41, 5.74) is 0.993. The monoisotopic (exact) mass is 385 g/mol. The van der Waals surface area contributed by atoms with Crippen molar-refractivity contribution in [3.8, 4) is 11.4 Å². The lowest BCUT2D eigenvalue weighted by atomic mass is 10.2. The number of thioether (sulfide) groups is 1. The topological polar surface area (TPSA) is 85.8 Å². The molecule has 3 aromatic rings. The fourth-order valence-corrected chi connectivity index (χ4v) is 3.69. The van der Waals surface area contributed by atoms with Crippen LogP contribution in [0, 0.1) is 6.92 Å². The molecule has 2 aromatic heterocycles. The van der Waals surface area contributed by atoms with Gasteiger partial charge in [-0.2, -0.15) is 0 Å². The van der Waals surface area contributed by atoms with Gasteiger partial charge in [-0.1, -0.05) is 67.0 Å². The molecule has 1 N–H and O–H groups in total. The minimum Gasteiger partial charge on any atom is -0.360 e. The highest BCUT2D eigenvalue weighted by molar-refractivity contribution is 8.00. The van der Waals surface area contributed by atoms with Crippen LogP contribution in [0.15, 0.2) is 46.1 Å². The molecule has 0 saturated carbocycles. The van der Waals surface area contributed by atoms with Crippen molar-refractivity contribution in [2.24, 2.45) is 7.05 Å². The molecule has 1 atom stereocenters. The van der Waals surface area contributed by atoms with Crippen LogP contribution < -0.4 is 5.32 Å². The van der Waals surface area contributed by atoms with E-state index in [0.717, 1.165) is 30.7 Å². The van der Waals surface area contributed by atoms with E-state index in [1.165, 1.54) is 11.8 Å². The van der Waals surface area contributed by atoms with Crippen molar-refractivity contribution in [2.75, 3.05) is 5.32 Å². The third-order valence-electron chi connectivity index (χ3n) is 4.11. The van der Waals surface area contributed by atoms with Gasteiger partial charge in [-0.15, -0.1) is 10.2 Å². The van der Waals surface area contributed by atoms with Gasteiger partial charge in [0.05, 0.1) is 5.25 Å². The van der Waals surface area contributed by atoms with E-state index < -0.39 is 0 Å². The summed E-state index contributed by atoms with van der Waals surface area (Å²) >= 11 is 1.42. The number of amides is 1. The Morgan fingerprint density at radius 3 is 2.74 bits per heavy atom. The van der Waals surface area contributed by atoms with E-state index in [9.17, 15) is 4.79 Å². The van der Waals surface area contributed by atoms with E-state index >= 15 is 0 Å². The highest BCUT2D eigenvalue weighted by Crippen LogP contribution is 2.29. The van der Waals surface area contributed by atoms with Crippen LogP contribution in [-0.4, -0.2) is 31.1 Å². The smallest absolute Gasteiger partial charge is 0.239 e. The van der Waals surface area contributed by atoms with E-state index in [0.29, 0.717) is 16.7 Å². The van der Waals surface area contributed by atoms with Gasteiger partial charge in [-0.05, 0) is 13.3 Å². The predicted molar refractivity (Wildman–Crippen MR) is 105 cm³/mol.